The van der Waals surface area contributed by atoms with Crippen LogP contribution in [0.1, 0.15) is 39.5 Å². The van der Waals surface area contributed by atoms with Crippen LogP contribution in [0.2, 0.25) is 0 Å². The molecule has 0 bridgehead atoms. The molecule has 138 valence electrons. The Morgan fingerprint density at radius 2 is 1.88 bits per heavy atom. The first kappa shape index (κ1) is 19.1. The van der Waals surface area contributed by atoms with Crippen molar-refractivity contribution < 1.29 is 9.59 Å². The van der Waals surface area contributed by atoms with Crippen LogP contribution in [-0.4, -0.2) is 49.6 Å². The zero-order chi connectivity index (χ0) is 18.2. The average Bonchev–Trinajstić information content (AvgIpc) is 2.89. The highest BCUT2D eigenvalue weighted by molar-refractivity contribution is 5.93. The van der Waals surface area contributed by atoms with Gasteiger partial charge in [-0.05, 0) is 44.9 Å². The summed E-state index contributed by atoms with van der Waals surface area (Å²) in [4.78, 5) is 28.2. The van der Waals surface area contributed by atoms with Gasteiger partial charge in [-0.1, -0.05) is 18.9 Å². The molecule has 25 heavy (non-hydrogen) atoms. The summed E-state index contributed by atoms with van der Waals surface area (Å²) in [6.45, 7) is 6.33. The lowest BCUT2D eigenvalue weighted by atomic mass is 10.2. The molecule has 1 aliphatic rings. The third-order valence-corrected chi connectivity index (χ3v) is 4.64. The molecule has 1 aromatic rings. The van der Waals surface area contributed by atoms with Crippen LogP contribution in [0.25, 0.3) is 0 Å². The van der Waals surface area contributed by atoms with Crippen LogP contribution >= 0.6 is 0 Å². The molecule has 0 aliphatic carbocycles. The first-order valence-electron chi connectivity index (χ1n) is 9.18. The van der Waals surface area contributed by atoms with Gasteiger partial charge in [-0.25, -0.2) is 4.79 Å². The van der Waals surface area contributed by atoms with Gasteiger partial charge in [0, 0.05) is 38.1 Å². The molecule has 1 aliphatic heterocycles. The summed E-state index contributed by atoms with van der Waals surface area (Å²) in [5.41, 5.74) is 1.87. The van der Waals surface area contributed by atoms with Crippen LogP contribution in [-0.2, 0) is 4.79 Å². The summed E-state index contributed by atoms with van der Waals surface area (Å²) in [6.07, 6.45) is 5.00. The van der Waals surface area contributed by atoms with Gasteiger partial charge in [0.25, 0.3) is 0 Å². The van der Waals surface area contributed by atoms with Gasteiger partial charge in [0.1, 0.15) is 6.04 Å². The van der Waals surface area contributed by atoms with Crippen LogP contribution in [0, 0.1) is 0 Å². The number of likely N-dealkylation sites (N-methyl/N-ethyl adjacent to an activating group) is 1. The van der Waals surface area contributed by atoms with Gasteiger partial charge < -0.3 is 20.4 Å². The first-order valence-corrected chi connectivity index (χ1v) is 9.18. The summed E-state index contributed by atoms with van der Waals surface area (Å²) in [5, 5.41) is 5.53. The van der Waals surface area contributed by atoms with Crippen LogP contribution in [0.3, 0.4) is 0 Å². The maximum absolute atomic E-state index is 12.2. The molecule has 1 fully saturated rings. The number of anilines is 2. The number of urea groups is 1. The van der Waals surface area contributed by atoms with E-state index in [1.54, 1.807) is 18.9 Å². The zero-order valence-electron chi connectivity index (χ0n) is 15.5. The number of hydrogen-bond donors (Lipinski definition) is 2. The van der Waals surface area contributed by atoms with Crippen LogP contribution in [0.15, 0.2) is 24.3 Å². The first-order chi connectivity index (χ1) is 12.0. The maximum Gasteiger partial charge on any atom is 0.319 e. The predicted molar refractivity (Wildman–Crippen MR) is 102 cm³/mol. The van der Waals surface area contributed by atoms with Crippen LogP contribution in [0.4, 0.5) is 16.2 Å². The molecule has 0 aromatic heterocycles. The van der Waals surface area contributed by atoms with Gasteiger partial charge in [0.05, 0.1) is 0 Å². The van der Waals surface area contributed by atoms with Crippen LogP contribution in [0.5, 0.6) is 0 Å². The second-order valence-electron chi connectivity index (χ2n) is 6.62. The molecular formula is C19H30N4O2. The van der Waals surface area contributed by atoms with Gasteiger partial charge >= 0.3 is 6.03 Å². The third-order valence-electron chi connectivity index (χ3n) is 4.64. The summed E-state index contributed by atoms with van der Waals surface area (Å²) < 4.78 is 0. The summed E-state index contributed by atoms with van der Waals surface area (Å²) in [6, 6.07) is 6.98. The Hall–Kier alpha value is -2.24. The number of nitrogens with one attached hydrogen (secondary N) is 2. The molecule has 3 amide bonds. The number of benzene rings is 1. The van der Waals surface area contributed by atoms with E-state index in [0.29, 0.717) is 6.54 Å². The van der Waals surface area contributed by atoms with Crippen molar-refractivity contribution in [2.45, 2.75) is 45.6 Å². The van der Waals surface area contributed by atoms with Crippen molar-refractivity contribution >= 4 is 23.3 Å². The Balaban J connectivity index is 1.94. The molecular weight excluding hydrogens is 316 g/mol. The summed E-state index contributed by atoms with van der Waals surface area (Å²) in [7, 11) is 1.73. The summed E-state index contributed by atoms with van der Waals surface area (Å²) >= 11 is 0. The fourth-order valence-electron chi connectivity index (χ4n) is 3.02. The Morgan fingerprint density at radius 1 is 1.20 bits per heavy atom. The van der Waals surface area contributed by atoms with E-state index in [-0.39, 0.29) is 11.9 Å². The number of carbonyl (C=O) groups excluding carboxylic acids is 2. The van der Waals surface area contributed by atoms with Crippen molar-refractivity contribution in [3.8, 4) is 0 Å². The van der Waals surface area contributed by atoms with E-state index in [1.165, 1.54) is 25.7 Å². The largest absolute Gasteiger partial charge is 0.371 e. The van der Waals surface area contributed by atoms with E-state index < -0.39 is 6.04 Å². The number of hydrogen-bond acceptors (Lipinski definition) is 3. The van der Waals surface area contributed by atoms with E-state index in [4.69, 9.17) is 0 Å². The van der Waals surface area contributed by atoms with Gasteiger partial charge in [0.15, 0.2) is 0 Å². The van der Waals surface area contributed by atoms with Crippen molar-refractivity contribution in [3.63, 3.8) is 0 Å². The van der Waals surface area contributed by atoms with E-state index in [9.17, 15) is 9.59 Å². The minimum atomic E-state index is -0.557. The third kappa shape index (κ3) is 5.66. The molecule has 0 unspecified atom stereocenters. The predicted octanol–water partition coefficient (Wildman–Crippen LogP) is 3.06. The van der Waals surface area contributed by atoms with Gasteiger partial charge in [-0.15, -0.1) is 0 Å². The highest BCUT2D eigenvalue weighted by atomic mass is 16.2. The van der Waals surface area contributed by atoms with E-state index in [0.717, 1.165) is 24.5 Å². The molecule has 2 N–H and O–H groups in total. The Bertz CT molecular complexity index is 583. The van der Waals surface area contributed by atoms with Gasteiger partial charge in [0.2, 0.25) is 5.91 Å². The highest BCUT2D eigenvalue weighted by Gasteiger charge is 2.18. The Labute approximate surface area is 150 Å². The van der Waals surface area contributed by atoms with Gasteiger partial charge in [-0.2, -0.15) is 0 Å². The fourth-order valence-corrected chi connectivity index (χ4v) is 3.02. The number of amides is 3. The number of carbonyl (C=O) groups is 2. The van der Waals surface area contributed by atoms with Crippen molar-refractivity contribution in [1.29, 1.82) is 0 Å². The summed E-state index contributed by atoms with van der Waals surface area (Å²) in [5.74, 6) is -0.101. The standard InChI is InChI=1S/C19H30N4O2/c1-4-22(3)18(24)15(2)20-19(25)21-16-10-9-11-17(14-16)23-12-7-5-6-8-13-23/h9-11,14-15H,4-8,12-13H2,1-3H3,(H2,20,21,25)/t15-/m1/s1. The maximum atomic E-state index is 12.2. The molecule has 1 heterocycles. The van der Waals surface area contributed by atoms with E-state index >= 15 is 0 Å². The van der Waals surface area contributed by atoms with Crippen molar-refractivity contribution in [1.82, 2.24) is 10.2 Å². The number of rotatable bonds is 5. The molecule has 1 aromatic carbocycles. The average molecular weight is 346 g/mol. The molecule has 2 rings (SSSR count). The second kappa shape index (κ2) is 9.30. The molecule has 6 nitrogen and oxygen atoms in total. The normalized spacial score (nSPS) is 15.9. The van der Waals surface area contributed by atoms with Crippen molar-refractivity contribution in [2.75, 3.05) is 36.9 Å². The molecule has 0 radical (unpaired) electrons. The topological polar surface area (TPSA) is 64.7 Å². The lowest BCUT2D eigenvalue weighted by molar-refractivity contribution is -0.131. The van der Waals surface area contributed by atoms with Crippen molar-refractivity contribution in [3.05, 3.63) is 24.3 Å². The number of nitrogens with zero attached hydrogens (tertiary/aromatic N) is 2. The minimum Gasteiger partial charge on any atom is -0.371 e. The molecule has 0 saturated carbocycles. The molecule has 0 spiro atoms. The Kier molecular flexibility index (Phi) is 7.10. The van der Waals surface area contributed by atoms with Crippen LogP contribution < -0.4 is 15.5 Å². The molecule has 1 saturated heterocycles. The zero-order valence-corrected chi connectivity index (χ0v) is 15.5. The lowest BCUT2D eigenvalue weighted by Gasteiger charge is -2.23. The SMILES string of the molecule is CCN(C)C(=O)[C@@H](C)NC(=O)Nc1cccc(N2CCCCCC2)c1. The smallest absolute Gasteiger partial charge is 0.319 e. The fraction of sp³-hybridized carbons (Fsp3) is 0.579. The lowest BCUT2D eigenvalue weighted by Crippen LogP contribution is -2.46. The minimum absolute atomic E-state index is 0.101. The quantitative estimate of drug-likeness (QED) is 0.861. The van der Waals surface area contributed by atoms with Gasteiger partial charge in [-0.3, -0.25) is 4.79 Å². The molecule has 6 heteroatoms. The Morgan fingerprint density at radius 3 is 2.52 bits per heavy atom. The van der Waals surface area contributed by atoms with E-state index in [2.05, 4.69) is 21.6 Å². The monoisotopic (exact) mass is 346 g/mol. The van der Waals surface area contributed by atoms with E-state index in [1.807, 2.05) is 25.1 Å². The molecule has 1 atom stereocenters. The van der Waals surface area contributed by atoms with Crippen molar-refractivity contribution in [2.24, 2.45) is 0 Å². The highest BCUT2D eigenvalue weighted by Crippen LogP contribution is 2.22. The second-order valence-corrected chi connectivity index (χ2v) is 6.62.